The molecule has 0 saturated carbocycles. The largest absolute Gasteiger partial charge is 0.477 e. The lowest BCUT2D eigenvalue weighted by atomic mass is 10.3. The fraction of sp³-hybridized carbons (Fsp3) is 0.182. The maximum Gasteiger partial charge on any atom is 0.351 e. The van der Waals surface area contributed by atoms with Gasteiger partial charge in [-0.2, -0.15) is 0 Å². The molecule has 16 heavy (non-hydrogen) atoms. The summed E-state index contributed by atoms with van der Waals surface area (Å²) < 4.78 is 9.87. The highest BCUT2D eigenvalue weighted by Gasteiger charge is 2.16. The molecule has 1 rings (SSSR count). The van der Waals surface area contributed by atoms with Crippen molar-refractivity contribution in [2.75, 3.05) is 0 Å². The second-order valence-electron chi connectivity index (χ2n) is 2.94. The highest BCUT2D eigenvalue weighted by atomic mass is 35.5. The minimum atomic E-state index is -0.767. The van der Waals surface area contributed by atoms with Gasteiger partial charge in [0.1, 0.15) is 5.75 Å². The van der Waals surface area contributed by atoms with E-state index in [2.05, 4.69) is 11.3 Å². The number of hydrogen-bond acceptors (Lipinski definition) is 3. The Bertz CT molecular complexity index is 404. The number of rotatable bonds is 4. The molecule has 1 unspecified atom stereocenters. The highest BCUT2D eigenvalue weighted by Crippen LogP contribution is 2.28. The Labute approximate surface area is 104 Å². The van der Waals surface area contributed by atoms with E-state index >= 15 is 0 Å². The van der Waals surface area contributed by atoms with Gasteiger partial charge in [0.15, 0.2) is 6.10 Å². The predicted molar refractivity (Wildman–Crippen MR) is 62.8 cm³/mol. The van der Waals surface area contributed by atoms with Gasteiger partial charge in [-0.05, 0) is 25.1 Å². The number of ether oxygens (including phenoxy) is 2. The Morgan fingerprint density at radius 2 is 2.19 bits per heavy atom. The van der Waals surface area contributed by atoms with Crippen LogP contribution in [-0.2, 0) is 9.53 Å². The van der Waals surface area contributed by atoms with Crippen LogP contribution in [0.15, 0.2) is 31.0 Å². The summed E-state index contributed by atoms with van der Waals surface area (Å²) in [6, 6.07) is 4.74. The van der Waals surface area contributed by atoms with Gasteiger partial charge >= 0.3 is 5.97 Å². The summed E-state index contributed by atoms with van der Waals surface area (Å²) in [6.45, 7) is 4.83. The molecule has 86 valence electrons. The van der Waals surface area contributed by atoms with E-state index in [1.54, 1.807) is 19.1 Å². The predicted octanol–water partition coefficient (Wildman–Crippen LogP) is 3.45. The van der Waals surface area contributed by atoms with Crippen LogP contribution in [0.4, 0.5) is 0 Å². The van der Waals surface area contributed by atoms with Crippen molar-refractivity contribution in [1.82, 2.24) is 0 Å². The van der Waals surface area contributed by atoms with E-state index in [4.69, 9.17) is 27.9 Å². The molecule has 3 nitrogen and oxygen atoms in total. The van der Waals surface area contributed by atoms with Crippen LogP contribution < -0.4 is 4.74 Å². The molecule has 0 aliphatic rings. The number of esters is 1. The van der Waals surface area contributed by atoms with Gasteiger partial charge in [0.05, 0.1) is 11.3 Å². The smallest absolute Gasteiger partial charge is 0.351 e. The summed E-state index contributed by atoms with van der Waals surface area (Å²) in [6.07, 6.45) is 0.280. The molecule has 5 heteroatoms. The van der Waals surface area contributed by atoms with Crippen molar-refractivity contribution in [2.24, 2.45) is 0 Å². The van der Waals surface area contributed by atoms with Gasteiger partial charge in [-0.1, -0.05) is 29.8 Å². The lowest BCUT2D eigenvalue weighted by molar-refractivity contribution is -0.145. The second-order valence-corrected chi connectivity index (χ2v) is 3.78. The first kappa shape index (κ1) is 12.9. The first-order valence-corrected chi connectivity index (χ1v) is 5.23. The van der Waals surface area contributed by atoms with Crippen molar-refractivity contribution in [3.05, 3.63) is 41.1 Å². The minimum Gasteiger partial charge on any atom is -0.477 e. The average Bonchev–Trinajstić information content (AvgIpc) is 2.22. The third kappa shape index (κ3) is 3.43. The van der Waals surface area contributed by atoms with E-state index in [9.17, 15) is 4.79 Å². The van der Waals surface area contributed by atoms with E-state index in [1.807, 2.05) is 0 Å². The number of carbonyl (C=O) groups is 1. The molecule has 0 radical (unpaired) electrons. The lowest BCUT2D eigenvalue weighted by Crippen LogP contribution is -2.24. The van der Waals surface area contributed by atoms with Crippen molar-refractivity contribution in [3.63, 3.8) is 0 Å². The molecule has 0 heterocycles. The maximum atomic E-state index is 11.2. The molecule has 0 aliphatic heterocycles. The van der Waals surface area contributed by atoms with Gasteiger partial charge in [-0.15, -0.1) is 0 Å². The lowest BCUT2D eigenvalue weighted by Gasteiger charge is -2.13. The third-order valence-corrected chi connectivity index (χ3v) is 2.26. The van der Waals surface area contributed by atoms with Crippen LogP contribution in [0.1, 0.15) is 6.92 Å². The first-order valence-electron chi connectivity index (χ1n) is 4.47. The Morgan fingerprint density at radius 3 is 2.75 bits per heavy atom. The summed E-state index contributed by atoms with van der Waals surface area (Å²) >= 11 is 11.6. The van der Waals surface area contributed by atoms with Crippen molar-refractivity contribution >= 4 is 29.2 Å². The summed E-state index contributed by atoms with van der Waals surface area (Å²) in [4.78, 5) is 11.2. The summed E-state index contributed by atoms with van der Waals surface area (Å²) in [5.41, 5.74) is 0. The Morgan fingerprint density at radius 1 is 1.50 bits per heavy atom. The molecule has 1 atom stereocenters. The minimum absolute atomic E-state index is 0.339. The average molecular weight is 261 g/mol. The van der Waals surface area contributed by atoms with Crippen LogP contribution in [0.25, 0.3) is 0 Å². The SMILES string of the molecule is C=COC(=O)C(C)Oc1ccc(Cl)cc1Cl. The molecule has 0 spiro atoms. The standard InChI is InChI=1S/C11H10Cl2O3/c1-3-15-11(14)7(2)16-10-5-4-8(12)6-9(10)13/h3-7H,1H2,2H3. The molecule has 0 aliphatic carbocycles. The number of halogens is 2. The molecular formula is C11H10Cl2O3. The van der Waals surface area contributed by atoms with Crippen LogP contribution >= 0.6 is 23.2 Å². The zero-order chi connectivity index (χ0) is 12.1. The van der Waals surface area contributed by atoms with E-state index in [1.165, 1.54) is 6.07 Å². The van der Waals surface area contributed by atoms with Crippen LogP contribution in [0, 0.1) is 0 Å². The monoisotopic (exact) mass is 260 g/mol. The van der Waals surface area contributed by atoms with Crippen LogP contribution in [-0.4, -0.2) is 12.1 Å². The molecule has 1 aromatic rings. The van der Waals surface area contributed by atoms with Crippen LogP contribution in [0.3, 0.4) is 0 Å². The van der Waals surface area contributed by atoms with E-state index < -0.39 is 12.1 Å². The third-order valence-electron chi connectivity index (χ3n) is 1.73. The van der Waals surface area contributed by atoms with E-state index in [0.29, 0.717) is 15.8 Å². The highest BCUT2D eigenvalue weighted by molar-refractivity contribution is 6.35. The molecule has 1 aromatic carbocycles. The van der Waals surface area contributed by atoms with Gasteiger partial charge in [-0.25, -0.2) is 4.79 Å². The Kier molecular flexibility index (Phi) is 4.65. The van der Waals surface area contributed by atoms with Gasteiger partial charge in [0, 0.05) is 5.02 Å². The van der Waals surface area contributed by atoms with Crippen molar-refractivity contribution in [1.29, 1.82) is 0 Å². The van der Waals surface area contributed by atoms with Crippen LogP contribution in [0.5, 0.6) is 5.75 Å². The van der Waals surface area contributed by atoms with E-state index in [-0.39, 0.29) is 0 Å². The van der Waals surface area contributed by atoms with Crippen molar-refractivity contribution < 1.29 is 14.3 Å². The maximum absolute atomic E-state index is 11.2. The van der Waals surface area contributed by atoms with Crippen LogP contribution in [0.2, 0.25) is 10.0 Å². The Balaban J connectivity index is 2.72. The first-order chi connectivity index (χ1) is 7.54. The Hall–Kier alpha value is -1.19. The summed E-state index contributed by atoms with van der Waals surface area (Å²) in [5.74, 6) is -0.166. The van der Waals surface area contributed by atoms with Gasteiger partial charge in [0.2, 0.25) is 0 Å². The summed E-state index contributed by atoms with van der Waals surface area (Å²) in [5, 5.41) is 0.837. The van der Waals surface area contributed by atoms with E-state index in [0.717, 1.165) is 6.26 Å². The topological polar surface area (TPSA) is 35.5 Å². The molecule has 0 aromatic heterocycles. The molecule has 0 amide bonds. The zero-order valence-electron chi connectivity index (χ0n) is 8.57. The fourth-order valence-corrected chi connectivity index (χ4v) is 1.44. The van der Waals surface area contributed by atoms with Crippen molar-refractivity contribution in [2.45, 2.75) is 13.0 Å². The quantitative estimate of drug-likeness (QED) is 0.615. The molecule has 0 saturated heterocycles. The molecule has 0 fully saturated rings. The number of carbonyl (C=O) groups excluding carboxylic acids is 1. The molecular weight excluding hydrogens is 251 g/mol. The van der Waals surface area contributed by atoms with Crippen molar-refractivity contribution in [3.8, 4) is 5.75 Å². The fourth-order valence-electron chi connectivity index (χ4n) is 0.987. The number of hydrogen-bond donors (Lipinski definition) is 0. The molecule has 0 bridgehead atoms. The zero-order valence-corrected chi connectivity index (χ0v) is 10.1. The number of benzene rings is 1. The second kappa shape index (κ2) is 5.77. The molecule has 0 N–H and O–H groups in total. The normalized spacial score (nSPS) is 11.7. The van der Waals surface area contributed by atoms with Gasteiger partial charge < -0.3 is 9.47 Å². The summed E-state index contributed by atoms with van der Waals surface area (Å²) in [7, 11) is 0. The van der Waals surface area contributed by atoms with Gasteiger partial charge in [0.25, 0.3) is 0 Å². The van der Waals surface area contributed by atoms with Gasteiger partial charge in [-0.3, -0.25) is 0 Å².